The average molecular weight is 643 g/mol. The molecule has 4 aromatic rings. The number of rotatable bonds is 17. The van der Waals surface area contributed by atoms with Gasteiger partial charge in [-0.05, 0) is 54.3 Å². The molecule has 0 aliphatic carbocycles. The van der Waals surface area contributed by atoms with Crippen molar-refractivity contribution < 1.29 is 29.4 Å². The highest BCUT2D eigenvalue weighted by atomic mass is 16.4. The van der Waals surface area contributed by atoms with E-state index in [1.807, 2.05) is 30.3 Å². The van der Waals surface area contributed by atoms with Crippen molar-refractivity contribution in [1.82, 2.24) is 20.9 Å². The van der Waals surface area contributed by atoms with Gasteiger partial charge < -0.3 is 42.6 Å². The Balaban J connectivity index is 1.55. The van der Waals surface area contributed by atoms with E-state index in [0.29, 0.717) is 31.4 Å². The van der Waals surface area contributed by atoms with E-state index < -0.39 is 47.9 Å². The summed E-state index contributed by atoms with van der Waals surface area (Å²) in [5, 5.41) is 28.7. The number of aromatic hydroxyl groups is 1. The van der Waals surface area contributed by atoms with Crippen LogP contribution >= 0.6 is 0 Å². The lowest BCUT2D eigenvalue weighted by Crippen LogP contribution is -2.58. The van der Waals surface area contributed by atoms with Crippen molar-refractivity contribution in [1.29, 1.82) is 0 Å². The van der Waals surface area contributed by atoms with Crippen molar-refractivity contribution in [2.75, 3.05) is 6.54 Å². The number of carbonyl (C=O) groups excluding carboxylic acids is 3. The Labute approximate surface area is 272 Å². The predicted molar refractivity (Wildman–Crippen MR) is 178 cm³/mol. The number of benzene rings is 3. The maximum absolute atomic E-state index is 13.8. The van der Waals surface area contributed by atoms with Crippen molar-refractivity contribution in [3.05, 3.63) is 102 Å². The summed E-state index contributed by atoms with van der Waals surface area (Å²) in [5.41, 5.74) is 14.6. The highest BCUT2D eigenvalue weighted by molar-refractivity contribution is 5.94. The monoisotopic (exact) mass is 642 g/mol. The Kier molecular flexibility index (Phi) is 12.5. The number of carbonyl (C=O) groups is 4. The standard InChI is InChI=1S/C35H42N6O6/c36-17-7-6-11-27(37)32(43)39-29(19-23-13-15-25(42)16-14-23)33(44)40-30(18-22-8-2-1-3-9-22)34(45)41-31(35(46)47)20-24-21-38-28-12-5-4-10-26(24)28/h1-5,8-10,12-16,21,27,29-31,38,42H,6-7,11,17-20,36-37H2,(H,39,43)(H,40,44)(H,41,45)(H,46,47). The van der Waals surface area contributed by atoms with Gasteiger partial charge in [0.25, 0.3) is 0 Å². The number of aromatic amines is 1. The molecule has 0 bridgehead atoms. The third kappa shape index (κ3) is 10.1. The summed E-state index contributed by atoms with van der Waals surface area (Å²) in [7, 11) is 0. The maximum atomic E-state index is 13.8. The minimum absolute atomic E-state index is 0.0126. The molecule has 12 nitrogen and oxygen atoms in total. The maximum Gasteiger partial charge on any atom is 0.326 e. The van der Waals surface area contributed by atoms with Crippen LogP contribution in [0.3, 0.4) is 0 Å². The lowest BCUT2D eigenvalue weighted by Gasteiger charge is -2.25. The third-order valence-electron chi connectivity index (χ3n) is 7.94. The van der Waals surface area contributed by atoms with Crippen molar-refractivity contribution in [3.63, 3.8) is 0 Å². The summed E-state index contributed by atoms with van der Waals surface area (Å²) in [6, 6.07) is 18.2. The fourth-order valence-electron chi connectivity index (χ4n) is 5.32. The summed E-state index contributed by atoms with van der Waals surface area (Å²) < 4.78 is 0. The first-order valence-corrected chi connectivity index (χ1v) is 15.6. The molecule has 0 aliphatic rings. The van der Waals surface area contributed by atoms with E-state index in [9.17, 15) is 29.4 Å². The Morgan fingerprint density at radius 2 is 1.28 bits per heavy atom. The molecule has 0 saturated heterocycles. The fraction of sp³-hybridized carbons (Fsp3) is 0.314. The lowest BCUT2D eigenvalue weighted by atomic mass is 10.0. The van der Waals surface area contributed by atoms with Gasteiger partial charge in [0.05, 0.1) is 6.04 Å². The third-order valence-corrected chi connectivity index (χ3v) is 7.94. The molecular weight excluding hydrogens is 600 g/mol. The molecule has 10 N–H and O–H groups in total. The first-order chi connectivity index (χ1) is 22.6. The normalized spacial score (nSPS) is 13.7. The molecule has 3 amide bonds. The van der Waals surface area contributed by atoms with Gasteiger partial charge in [-0.25, -0.2) is 4.79 Å². The van der Waals surface area contributed by atoms with Crippen LogP contribution in [0, 0.1) is 0 Å². The van der Waals surface area contributed by atoms with Gasteiger partial charge >= 0.3 is 5.97 Å². The van der Waals surface area contributed by atoms with Crippen molar-refractivity contribution in [2.45, 2.75) is 62.7 Å². The van der Waals surface area contributed by atoms with Gasteiger partial charge in [0.2, 0.25) is 17.7 Å². The van der Waals surface area contributed by atoms with Gasteiger partial charge in [0, 0.05) is 36.4 Å². The molecule has 0 fully saturated rings. The Morgan fingerprint density at radius 1 is 0.702 bits per heavy atom. The number of amides is 3. The summed E-state index contributed by atoms with van der Waals surface area (Å²) in [5.74, 6) is -3.06. The molecule has 47 heavy (non-hydrogen) atoms. The Bertz CT molecular complexity index is 1640. The quantitative estimate of drug-likeness (QED) is 0.0795. The van der Waals surface area contributed by atoms with E-state index >= 15 is 0 Å². The number of carboxylic acid groups (broad SMARTS) is 1. The number of aliphatic carboxylic acids is 1. The van der Waals surface area contributed by atoms with E-state index in [-0.39, 0.29) is 25.0 Å². The molecular formula is C35H42N6O6. The van der Waals surface area contributed by atoms with Crippen LogP contribution in [0.1, 0.15) is 36.0 Å². The number of unbranched alkanes of at least 4 members (excludes halogenated alkanes) is 1. The van der Waals surface area contributed by atoms with E-state index in [4.69, 9.17) is 11.5 Å². The zero-order valence-electron chi connectivity index (χ0n) is 26.0. The number of nitrogens with one attached hydrogen (secondary N) is 4. The van der Waals surface area contributed by atoms with Crippen LogP contribution < -0.4 is 27.4 Å². The summed E-state index contributed by atoms with van der Waals surface area (Å²) in [6.45, 7) is 0.468. The minimum atomic E-state index is -1.28. The highest BCUT2D eigenvalue weighted by Crippen LogP contribution is 2.19. The topological polar surface area (TPSA) is 213 Å². The second-order valence-corrected chi connectivity index (χ2v) is 11.5. The molecule has 4 atom stereocenters. The van der Waals surface area contributed by atoms with Gasteiger partial charge in [0.1, 0.15) is 23.9 Å². The molecule has 4 rings (SSSR count). The van der Waals surface area contributed by atoms with Gasteiger partial charge in [0.15, 0.2) is 0 Å². The zero-order valence-corrected chi connectivity index (χ0v) is 26.0. The highest BCUT2D eigenvalue weighted by Gasteiger charge is 2.31. The number of phenolic OH excluding ortho intramolecular Hbond substituents is 1. The molecule has 0 aliphatic heterocycles. The summed E-state index contributed by atoms with van der Waals surface area (Å²) >= 11 is 0. The minimum Gasteiger partial charge on any atom is -0.508 e. The average Bonchev–Trinajstić information content (AvgIpc) is 3.47. The predicted octanol–water partition coefficient (Wildman–Crippen LogP) is 1.90. The molecule has 3 aromatic carbocycles. The van der Waals surface area contributed by atoms with Crippen molar-refractivity contribution >= 4 is 34.6 Å². The van der Waals surface area contributed by atoms with Gasteiger partial charge in [-0.1, -0.05) is 67.1 Å². The van der Waals surface area contributed by atoms with Gasteiger partial charge in [-0.3, -0.25) is 14.4 Å². The number of aromatic nitrogens is 1. The van der Waals surface area contributed by atoms with Crippen LogP contribution in [-0.2, 0) is 38.4 Å². The zero-order chi connectivity index (χ0) is 33.8. The van der Waals surface area contributed by atoms with Gasteiger partial charge in [-0.15, -0.1) is 0 Å². The van der Waals surface area contributed by atoms with Crippen molar-refractivity contribution in [2.24, 2.45) is 11.5 Å². The van der Waals surface area contributed by atoms with Crippen LogP contribution in [-0.4, -0.2) is 69.6 Å². The molecule has 4 unspecified atom stereocenters. The van der Waals surface area contributed by atoms with E-state index in [2.05, 4.69) is 20.9 Å². The summed E-state index contributed by atoms with van der Waals surface area (Å²) in [4.78, 5) is 56.0. The lowest BCUT2D eigenvalue weighted by molar-refractivity contribution is -0.142. The number of nitrogens with two attached hydrogens (primary N) is 2. The van der Waals surface area contributed by atoms with Crippen LogP contribution in [0.15, 0.2) is 85.1 Å². The number of fused-ring (bicyclic) bond motifs is 1. The fourth-order valence-corrected chi connectivity index (χ4v) is 5.32. The Morgan fingerprint density at radius 3 is 1.91 bits per heavy atom. The second-order valence-electron chi connectivity index (χ2n) is 11.5. The van der Waals surface area contributed by atoms with Gasteiger partial charge in [-0.2, -0.15) is 0 Å². The Hall–Kier alpha value is -5.20. The van der Waals surface area contributed by atoms with E-state index in [1.165, 1.54) is 12.1 Å². The number of phenols is 1. The van der Waals surface area contributed by atoms with E-state index in [0.717, 1.165) is 22.0 Å². The van der Waals surface area contributed by atoms with Crippen molar-refractivity contribution in [3.8, 4) is 5.75 Å². The molecule has 0 saturated carbocycles. The molecule has 0 radical (unpaired) electrons. The van der Waals surface area contributed by atoms with E-state index in [1.54, 1.807) is 42.6 Å². The molecule has 248 valence electrons. The smallest absolute Gasteiger partial charge is 0.326 e. The molecule has 0 spiro atoms. The first-order valence-electron chi connectivity index (χ1n) is 15.6. The van der Waals surface area contributed by atoms with Crippen LogP contribution in [0.4, 0.5) is 0 Å². The first kappa shape index (κ1) is 34.7. The van der Waals surface area contributed by atoms with Crippen LogP contribution in [0.5, 0.6) is 5.75 Å². The number of carboxylic acids is 1. The molecule has 12 heteroatoms. The number of H-pyrrole nitrogens is 1. The number of hydrogen-bond donors (Lipinski definition) is 8. The largest absolute Gasteiger partial charge is 0.508 e. The van der Waals surface area contributed by atoms with Crippen LogP contribution in [0.25, 0.3) is 10.9 Å². The molecule has 1 heterocycles. The number of para-hydroxylation sites is 1. The summed E-state index contributed by atoms with van der Waals surface area (Å²) in [6.07, 6.45) is 3.56. The molecule has 1 aromatic heterocycles. The second kappa shape index (κ2) is 16.9. The SMILES string of the molecule is NCCCCC(N)C(=O)NC(Cc1ccc(O)cc1)C(=O)NC(Cc1ccccc1)C(=O)NC(Cc1c[nH]c2ccccc12)C(=O)O. The van der Waals surface area contributed by atoms with Crippen LogP contribution in [0.2, 0.25) is 0 Å². The number of hydrogen-bond acceptors (Lipinski definition) is 7.